The van der Waals surface area contributed by atoms with Gasteiger partial charge in [-0.15, -0.1) is 0 Å². The van der Waals surface area contributed by atoms with E-state index < -0.39 is 11.6 Å². The van der Waals surface area contributed by atoms with Crippen LogP contribution in [-0.2, 0) is 4.74 Å². The number of nitrogens with zero attached hydrogens (tertiary/aromatic N) is 2. The summed E-state index contributed by atoms with van der Waals surface area (Å²) in [5, 5.41) is 7.82. The van der Waals surface area contributed by atoms with Crippen molar-refractivity contribution < 1.29 is 9.53 Å². The summed E-state index contributed by atoms with van der Waals surface area (Å²) >= 11 is 0. The minimum Gasteiger partial charge on any atom is -0.456 e. The molecule has 130 valence electrons. The summed E-state index contributed by atoms with van der Waals surface area (Å²) in [5.41, 5.74) is 1.33. The zero-order valence-electron chi connectivity index (χ0n) is 14.6. The number of nitrogens with one attached hydrogen (secondary N) is 2. The van der Waals surface area contributed by atoms with E-state index in [1.54, 1.807) is 17.5 Å². The van der Waals surface area contributed by atoms with Gasteiger partial charge in [0.1, 0.15) is 11.2 Å². The average Bonchev–Trinajstić information content (AvgIpc) is 2.81. The lowest BCUT2D eigenvalue weighted by Gasteiger charge is -2.23. The van der Waals surface area contributed by atoms with E-state index in [-0.39, 0.29) is 11.5 Å². The average molecular weight is 332 g/mol. The number of aromatic amines is 1. The van der Waals surface area contributed by atoms with Crippen molar-refractivity contribution in [2.75, 3.05) is 13.1 Å². The largest absolute Gasteiger partial charge is 0.456 e. The number of rotatable bonds is 2. The number of aryl methyl sites for hydroxylation is 1. The minimum atomic E-state index is -0.606. The summed E-state index contributed by atoms with van der Waals surface area (Å²) in [5.74, 6) is -0.213. The number of hydrogen-bond donors (Lipinski definition) is 2. The fraction of sp³-hybridized carbons (Fsp3) is 0.588. The van der Waals surface area contributed by atoms with E-state index in [4.69, 9.17) is 4.74 Å². The SMILES string of the molecule is Cc1nn2c(C3CCNCC3)cc(=O)[nH]c2c1C(=O)OC(C)(C)C. The van der Waals surface area contributed by atoms with E-state index in [0.29, 0.717) is 16.9 Å². The number of carbonyl (C=O) groups is 1. The molecule has 1 fully saturated rings. The van der Waals surface area contributed by atoms with E-state index in [0.717, 1.165) is 31.6 Å². The number of aromatic nitrogens is 3. The van der Waals surface area contributed by atoms with Crippen LogP contribution >= 0.6 is 0 Å². The predicted molar refractivity (Wildman–Crippen MR) is 90.6 cm³/mol. The van der Waals surface area contributed by atoms with Gasteiger partial charge < -0.3 is 15.0 Å². The van der Waals surface area contributed by atoms with Crippen LogP contribution in [0.2, 0.25) is 0 Å². The van der Waals surface area contributed by atoms with Gasteiger partial charge in [-0.25, -0.2) is 9.31 Å². The molecule has 3 heterocycles. The van der Waals surface area contributed by atoms with Gasteiger partial charge in [0.05, 0.1) is 11.4 Å². The summed E-state index contributed by atoms with van der Waals surface area (Å²) in [6, 6.07) is 1.59. The second kappa shape index (κ2) is 6.05. The smallest absolute Gasteiger partial charge is 0.344 e. The number of ether oxygens (including phenoxy) is 1. The highest BCUT2D eigenvalue weighted by Gasteiger charge is 2.27. The molecule has 0 spiro atoms. The number of hydrogen-bond acceptors (Lipinski definition) is 5. The van der Waals surface area contributed by atoms with Crippen LogP contribution in [0, 0.1) is 6.92 Å². The van der Waals surface area contributed by atoms with Crippen LogP contribution in [0.15, 0.2) is 10.9 Å². The van der Waals surface area contributed by atoms with Crippen LogP contribution in [0.3, 0.4) is 0 Å². The molecule has 0 aromatic carbocycles. The fourth-order valence-corrected chi connectivity index (χ4v) is 3.16. The first-order valence-corrected chi connectivity index (χ1v) is 8.33. The number of fused-ring (bicyclic) bond motifs is 1. The van der Waals surface area contributed by atoms with Gasteiger partial charge in [-0.1, -0.05) is 0 Å². The van der Waals surface area contributed by atoms with Crippen molar-refractivity contribution >= 4 is 11.6 Å². The topological polar surface area (TPSA) is 88.5 Å². The fourth-order valence-electron chi connectivity index (χ4n) is 3.16. The van der Waals surface area contributed by atoms with Gasteiger partial charge in [0.25, 0.3) is 5.56 Å². The second-order valence-corrected chi connectivity index (χ2v) is 7.31. The third-order valence-electron chi connectivity index (χ3n) is 4.19. The normalized spacial score (nSPS) is 16.5. The van der Waals surface area contributed by atoms with E-state index in [9.17, 15) is 9.59 Å². The lowest BCUT2D eigenvalue weighted by atomic mass is 9.94. The lowest BCUT2D eigenvalue weighted by molar-refractivity contribution is 0.00708. The van der Waals surface area contributed by atoms with Crippen molar-refractivity contribution in [2.45, 2.75) is 52.1 Å². The van der Waals surface area contributed by atoms with E-state index in [1.807, 2.05) is 20.8 Å². The van der Waals surface area contributed by atoms with Crippen molar-refractivity contribution in [3.8, 4) is 0 Å². The third kappa shape index (κ3) is 3.21. The van der Waals surface area contributed by atoms with Crippen LogP contribution in [0.1, 0.15) is 61.3 Å². The van der Waals surface area contributed by atoms with Crippen molar-refractivity contribution in [1.82, 2.24) is 19.9 Å². The standard InChI is InChI=1S/C17H24N4O3/c1-10-14(16(23)24-17(2,3)4)15-19-13(22)9-12(21(15)20-10)11-5-7-18-8-6-11/h9,11,18H,5-8H2,1-4H3,(H,19,22). The Kier molecular flexibility index (Phi) is 4.21. The van der Waals surface area contributed by atoms with Crippen LogP contribution in [0.25, 0.3) is 5.65 Å². The Morgan fingerprint density at radius 3 is 2.62 bits per heavy atom. The first kappa shape index (κ1) is 16.7. The molecular weight excluding hydrogens is 308 g/mol. The van der Waals surface area contributed by atoms with Gasteiger partial charge in [0.15, 0.2) is 5.65 Å². The molecule has 0 bridgehead atoms. The maximum atomic E-state index is 12.5. The molecule has 7 nitrogen and oxygen atoms in total. The molecular formula is C17H24N4O3. The molecule has 0 atom stereocenters. The molecule has 7 heteroatoms. The number of piperidine rings is 1. The second-order valence-electron chi connectivity index (χ2n) is 7.31. The van der Waals surface area contributed by atoms with Crippen molar-refractivity contribution in [1.29, 1.82) is 0 Å². The van der Waals surface area contributed by atoms with E-state index in [2.05, 4.69) is 15.4 Å². The summed E-state index contributed by atoms with van der Waals surface area (Å²) in [6.45, 7) is 9.03. The molecule has 0 radical (unpaired) electrons. The lowest BCUT2D eigenvalue weighted by Crippen LogP contribution is -2.28. The molecule has 2 aromatic rings. The first-order chi connectivity index (χ1) is 11.3. The maximum Gasteiger partial charge on any atom is 0.344 e. The first-order valence-electron chi connectivity index (χ1n) is 8.33. The van der Waals surface area contributed by atoms with Gasteiger partial charge in [-0.2, -0.15) is 5.10 Å². The summed E-state index contributed by atoms with van der Waals surface area (Å²) < 4.78 is 7.17. The Hall–Kier alpha value is -2.15. The van der Waals surface area contributed by atoms with Crippen molar-refractivity contribution in [3.63, 3.8) is 0 Å². The molecule has 1 aliphatic heterocycles. The monoisotopic (exact) mass is 332 g/mol. The van der Waals surface area contributed by atoms with Gasteiger partial charge in [0, 0.05) is 12.0 Å². The maximum absolute atomic E-state index is 12.5. The summed E-state index contributed by atoms with van der Waals surface area (Å²) in [6.07, 6.45) is 1.89. The van der Waals surface area contributed by atoms with Gasteiger partial charge >= 0.3 is 5.97 Å². The van der Waals surface area contributed by atoms with Gasteiger partial charge in [-0.05, 0) is 53.6 Å². The van der Waals surface area contributed by atoms with Crippen LogP contribution in [0.4, 0.5) is 0 Å². The van der Waals surface area contributed by atoms with Gasteiger partial charge in [-0.3, -0.25) is 4.79 Å². The molecule has 1 aliphatic rings. The number of H-pyrrole nitrogens is 1. The highest BCUT2D eigenvalue weighted by Crippen LogP contribution is 2.26. The van der Waals surface area contributed by atoms with E-state index >= 15 is 0 Å². The zero-order chi connectivity index (χ0) is 17.5. The Morgan fingerprint density at radius 1 is 1.33 bits per heavy atom. The highest BCUT2D eigenvalue weighted by atomic mass is 16.6. The number of carbonyl (C=O) groups excluding carboxylic acids is 1. The minimum absolute atomic E-state index is 0.222. The molecule has 0 aliphatic carbocycles. The molecule has 2 N–H and O–H groups in total. The Balaban J connectivity index is 2.12. The molecule has 2 aromatic heterocycles. The summed E-state index contributed by atoms with van der Waals surface area (Å²) in [7, 11) is 0. The predicted octanol–water partition coefficient (Wildman–Crippen LogP) is 1.75. The van der Waals surface area contributed by atoms with Crippen LogP contribution in [0.5, 0.6) is 0 Å². The Bertz CT molecular complexity index is 823. The Labute approximate surface area is 140 Å². The van der Waals surface area contributed by atoms with Gasteiger partial charge in [0.2, 0.25) is 0 Å². The molecule has 0 amide bonds. The number of esters is 1. The van der Waals surface area contributed by atoms with Crippen LogP contribution in [-0.4, -0.2) is 39.3 Å². The highest BCUT2D eigenvalue weighted by molar-refractivity contribution is 5.97. The Morgan fingerprint density at radius 2 is 2.00 bits per heavy atom. The molecule has 1 saturated heterocycles. The molecule has 0 unspecified atom stereocenters. The quantitative estimate of drug-likeness (QED) is 0.818. The zero-order valence-corrected chi connectivity index (χ0v) is 14.6. The van der Waals surface area contributed by atoms with Crippen molar-refractivity contribution in [3.05, 3.63) is 33.4 Å². The molecule has 3 rings (SSSR count). The van der Waals surface area contributed by atoms with Crippen LogP contribution < -0.4 is 10.9 Å². The van der Waals surface area contributed by atoms with Crippen molar-refractivity contribution in [2.24, 2.45) is 0 Å². The summed E-state index contributed by atoms with van der Waals surface area (Å²) in [4.78, 5) is 27.5. The molecule has 24 heavy (non-hydrogen) atoms. The van der Waals surface area contributed by atoms with E-state index in [1.165, 1.54) is 0 Å². The molecule has 0 saturated carbocycles. The third-order valence-corrected chi connectivity index (χ3v) is 4.19.